The third-order valence-electron chi connectivity index (χ3n) is 4.01. The molecule has 0 bridgehead atoms. The van der Waals surface area contributed by atoms with Gasteiger partial charge in [0.15, 0.2) is 0 Å². The van der Waals surface area contributed by atoms with Crippen molar-refractivity contribution in [3.63, 3.8) is 0 Å². The molecule has 0 aliphatic heterocycles. The van der Waals surface area contributed by atoms with Crippen LogP contribution in [-0.4, -0.2) is 9.97 Å². The molecule has 4 rings (SSSR count). The molecule has 0 fully saturated rings. The minimum atomic E-state index is 0.650. The Hall–Kier alpha value is -3.60. The Morgan fingerprint density at radius 3 is 1.60 bits per heavy atom. The first-order valence-corrected chi connectivity index (χ1v) is 7.89. The van der Waals surface area contributed by atoms with E-state index in [1.165, 1.54) is 0 Å². The van der Waals surface area contributed by atoms with Crippen molar-refractivity contribution in [2.24, 2.45) is 0 Å². The second-order valence-electron chi connectivity index (χ2n) is 5.92. The molecule has 5 heteroatoms. The Bertz CT molecular complexity index is 1090. The number of hydrogen-bond donors (Lipinski definition) is 3. The van der Waals surface area contributed by atoms with Crippen molar-refractivity contribution < 1.29 is 0 Å². The lowest BCUT2D eigenvalue weighted by Gasteiger charge is -2.12. The van der Waals surface area contributed by atoms with Crippen LogP contribution in [0, 0.1) is 0 Å². The number of hydrogen-bond acceptors (Lipinski definition) is 5. The molecule has 1 heterocycles. The van der Waals surface area contributed by atoms with Crippen LogP contribution in [0.15, 0.2) is 66.7 Å². The Balaban J connectivity index is 2.05. The fourth-order valence-electron chi connectivity index (χ4n) is 2.85. The van der Waals surface area contributed by atoms with Gasteiger partial charge in [0, 0.05) is 28.2 Å². The van der Waals surface area contributed by atoms with E-state index in [0.29, 0.717) is 17.1 Å². The molecule has 0 spiro atoms. The van der Waals surface area contributed by atoms with E-state index in [4.69, 9.17) is 27.2 Å². The van der Waals surface area contributed by atoms with Gasteiger partial charge in [-0.15, -0.1) is 0 Å². The number of nitrogens with two attached hydrogens (primary N) is 3. The van der Waals surface area contributed by atoms with Crippen molar-refractivity contribution in [1.29, 1.82) is 0 Å². The Kier molecular flexibility index (Phi) is 3.47. The minimum Gasteiger partial charge on any atom is -0.399 e. The predicted octanol–water partition coefficient (Wildman–Crippen LogP) is 3.71. The summed E-state index contributed by atoms with van der Waals surface area (Å²) in [5.74, 6) is 0. The number of rotatable bonds is 2. The van der Waals surface area contributed by atoms with Crippen molar-refractivity contribution in [3.05, 3.63) is 66.7 Å². The minimum absolute atomic E-state index is 0.650. The normalized spacial score (nSPS) is 10.9. The summed E-state index contributed by atoms with van der Waals surface area (Å²) in [5, 5.41) is 0. The molecule has 0 unspecified atom stereocenters. The molecule has 4 aromatic rings. The second kappa shape index (κ2) is 5.79. The third kappa shape index (κ3) is 2.83. The molecule has 0 saturated heterocycles. The SMILES string of the molecule is Nc1cccc(-c2nc3ccc(N)cc3nc2-c2cccc(N)c2)c1. The molecule has 6 N–H and O–H groups in total. The fraction of sp³-hybridized carbons (Fsp3) is 0. The highest BCUT2D eigenvalue weighted by Gasteiger charge is 2.14. The number of fused-ring (bicyclic) bond motifs is 1. The molecule has 0 saturated carbocycles. The summed E-state index contributed by atoms with van der Waals surface area (Å²) in [6, 6.07) is 20.7. The van der Waals surface area contributed by atoms with Crippen molar-refractivity contribution in [3.8, 4) is 22.5 Å². The van der Waals surface area contributed by atoms with E-state index >= 15 is 0 Å². The quantitative estimate of drug-likeness (QED) is 0.487. The predicted molar refractivity (Wildman–Crippen MR) is 104 cm³/mol. The van der Waals surface area contributed by atoms with Gasteiger partial charge in [-0.2, -0.15) is 0 Å². The molecular weight excluding hydrogens is 310 g/mol. The molecule has 0 aliphatic carbocycles. The van der Waals surface area contributed by atoms with Crippen molar-refractivity contribution in [2.75, 3.05) is 17.2 Å². The average molecular weight is 327 g/mol. The maximum absolute atomic E-state index is 5.96. The maximum Gasteiger partial charge on any atom is 0.0973 e. The van der Waals surface area contributed by atoms with Gasteiger partial charge in [-0.05, 0) is 42.5 Å². The lowest BCUT2D eigenvalue weighted by Crippen LogP contribution is -1.97. The smallest absolute Gasteiger partial charge is 0.0973 e. The summed E-state index contributed by atoms with van der Waals surface area (Å²) < 4.78 is 0. The summed E-state index contributed by atoms with van der Waals surface area (Å²) in [4.78, 5) is 9.63. The molecule has 3 aromatic carbocycles. The highest BCUT2D eigenvalue weighted by atomic mass is 14.8. The number of nitrogen functional groups attached to an aromatic ring is 3. The number of anilines is 3. The molecular formula is C20H17N5. The van der Waals surface area contributed by atoms with Gasteiger partial charge in [0.05, 0.1) is 22.4 Å². The molecule has 0 aliphatic rings. The van der Waals surface area contributed by atoms with E-state index in [0.717, 1.165) is 33.5 Å². The van der Waals surface area contributed by atoms with Gasteiger partial charge < -0.3 is 17.2 Å². The highest BCUT2D eigenvalue weighted by molar-refractivity contribution is 5.88. The lowest BCUT2D eigenvalue weighted by molar-refractivity contribution is 1.29. The highest BCUT2D eigenvalue weighted by Crippen LogP contribution is 2.32. The van der Waals surface area contributed by atoms with Crippen LogP contribution < -0.4 is 17.2 Å². The molecule has 5 nitrogen and oxygen atoms in total. The third-order valence-corrected chi connectivity index (χ3v) is 4.01. The van der Waals surface area contributed by atoms with E-state index in [1.807, 2.05) is 66.7 Å². The summed E-state index contributed by atoms with van der Waals surface area (Å²) >= 11 is 0. The van der Waals surface area contributed by atoms with Gasteiger partial charge in [0.1, 0.15) is 0 Å². The Morgan fingerprint density at radius 2 is 1.04 bits per heavy atom. The average Bonchev–Trinajstić information content (AvgIpc) is 2.60. The van der Waals surface area contributed by atoms with Crippen LogP contribution in [0.2, 0.25) is 0 Å². The zero-order valence-corrected chi connectivity index (χ0v) is 13.5. The van der Waals surface area contributed by atoms with Gasteiger partial charge in [-0.1, -0.05) is 24.3 Å². The standard InChI is InChI=1S/C20H17N5/c21-14-5-1-3-12(9-14)19-20(13-4-2-6-15(22)10-13)25-18-11-16(23)7-8-17(18)24-19/h1-11H,21-23H2. The first-order chi connectivity index (χ1) is 12.1. The van der Waals surface area contributed by atoms with Crippen molar-refractivity contribution in [1.82, 2.24) is 9.97 Å². The van der Waals surface area contributed by atoms with Gasteiger partial charge >= 0.3 is 0 Å². The zero-order valence-electron chi connectivity index (χ0n) is 13.5. The van der Waals surface area contributed by atoms with Gasteiger partial charge in [-0.3, -0.25) is 0 Å². The topological polar surface area (TPSA) is 104 Å². The fourth-order valence-corrected chi connectivity index (χ4v) is 2.85. The lowest BCUT2D eigenvalue weighted by atomic mass is 10.0. The van der Waals surface area contributed by atoms with Crippen molar-refractivity contribution in [2.45, 2.75) is 0 Å². The van der Waals surface area contributed by atoms with Crippen LogP contribution in [-0.2, 0) is 0 Å². The summed E-state index contributed by atoms with van der Waals surface area (Å²) in [7, 11) is 0. The first-order valence-electron chi connectivity index (χ1n) is 7.89. The van der Waals surface area contributed by atoms with Crippen LogP contribution in [0.4, 0.5) is 17.1 Å². The Labute approximate surface area is 145 Å². The summed E-state index contributed by atoms with van der Waals surface area (Å²) in [6.45, 7) is 0. The first kappa shape index (κ1) is 15.0. The molecule has 122 valence electrons. The number of aromatic nitrogens is 2. The zero-order chi connectivity index (χ0) is 17.4. The van der Waals surface area contributed by atoms with Crippen LogP contribution in [0.25, 0.3) is 33.5 Å². The van der Waals surface area contributed by atoms with Crippen LogP contribution in [0.5, 0.6) is 0 Å². The van der Waals surface area contributed by atoms with Crippen molar-refractivity contribution >= 4 is 28.1 Å². The van der Waals surface area contributed by atoms with Crippen LogP contribution >= 0.6 is 0 Å². The largest absolute Gasteiger partial charge is 0.399 e. The molecule has 1 aromatic heterocycles. The molecule has 0 amide bonds. The molecule has 0 radical (unpaired) electrons. The van der Waals surface area contributed by atoms with E-state index in [9.17, 15) is 0 Å². The van der Waals surface area contributed by atoms with Crippen LogP contribution in [0.1, 0.15) is 0 Å². The van der Waals surface area contributed by atoms with Gasteiger partial charge in [0.25, 0.3) is 0 Å². The number of nitrogens with zero attached hydrogens (tertiary/aromatic N) is 2. The summed E-state index contributed by atoms with van der Waals surface area (Å²) in [5.41, 5.74) is 24.6. The monoisotopic (exact) mass is 327 g/mol. The second-order valence-corrected chi connectivity index (χ2v) is 5.92. The number of benzene rings is 3. The van der Waals surface area contributed by atoms with E-state index < -0.39 is 0 Å². The Morgan fingerprint density at radius 1 is 0.520 bits per heavy atom. The van der Waals surface area contributed by atoms with E-state index in [1.54, 1.807) is 0 Å². The van der Waals surface area contributed by atoms with E-state index in [-0.39, 0.29) is 0 Å². The van der Waals surface area contributed by atoms with E-state index in [2.05, 4.69) is 0 Å². The molecule has 25 heavy (non-hydrogen) atoms. The van der Waals surface area contributed by atoms with Gasteiger partial charge in [-0.25, -0.2) is 9.97 Å². The van der Waals surface area contributed by atoms with Gasteiger partial charge in [0.2, 0.25) is 0 Å². The molecule has 0 atom stereocenters. The van der Waals surface area contributed by atoms with Crippen LogP contribution in [0.3, 0.4) is 0 Å². The summed E-state index contributed by atoms with van der Waals surface area (Å²) in [6.07, 6.45) is 0. The maximum atomic E-state index is 5.96.